The van der Waals surface area contributed by atoms with Crippen LogP contribution in [-0.4, -0.2) is 57.7 Å². The van der Waals surface area contributed by atoms with Gasteiger partial charge in [0.2, 0.25) is 15.0 Å². The lowest BCUT2D eigenvalue weighted by Gasteiger charge is -2.38. The lowest BCUT2D eigenvalue weighted by atomic mass is 9.94. The van der Waals surface area contributed by atoms with Crippen molar-refractivity contribution in [2.45, 2.75) is 44.4 Å². The number of halogens is 1. The topological polar surface area (TPSA) is 101 Å². The van der Waals surface area contributed by atoms with Crippen molar-refractivity contribution in [3.05, 3.63) is 16.2 Å². The number of hydrogen-bond acceptors (Lipinski definition) is 7. The van der Waals surface area contributed by atoms with Gasteiger partial charge in [0, 0.05) is 31.7 Å². The van der Waals surface area contributed by atoms with Crippen molar-refractivity contribution < 1.29 is 13.5 Å². The highest BCUT2D eigenvalue weighted by Crippen LogP contribution is 2.40. The molecule has 1 aromatic carbocycles. The molecule has 1 N–H and O–H groups in total. The number of aliphatic hydroxyl groups is 1. The molecule has 1 aliphatic rings. The first-order chi connectivity index (χ1) is 13.5. The Morgan fingerprint density at radius 3 is 2.69 bits per heavy atom. The van der Waals surface area contributed by atoms with Crippen LogP contribution in [0.2, 0.25) is 0 Å². The molecule has 0 radical (unpaired) electrons. The van der Waals surface area contributed by atoms with E-state index in [1.54, 1.807) is 18.5 Å². The van der Waals surface area contributed by atoms with E-state index in [0.29, 0.717) is 30.8 Å². The van der Waals surface area contributed by atoms with E-state index in [1.807, 2.05) is 25.1 Å². The quantitative estimate of drug-likeness (QED) is 0.573. The zero-order valence-corrected chi connectivity index (χ0v) is 19.3. The fourth-order valence-electron chi connectivity index (χ4n) is 3.96. The number of hydrogen-bond donors (Lipinski definition) is 1. The predicted molar refractivity (Wildman–Crippen MR) is 116 cm³/mol. The van der Waals surface area contributed by atoms with Crippen LogP contribution in [0.1, 0.15) is 32.3 Å². The third-order valence-corrected chi connectivity index (χ3v) is 7.96. The van der Waals surface area contributed by atoms with E-state index < -0.39 is 15.4 Å². The van der Waals surface area contributed by atoms with Gasteiger partial charge in [-0.3, -0.25) is 4.68 Å². The third-order valence-electron chi connectivity index (χ3n) is 5.49. The maximum absolute atomic E-state index is 12.6. The van der Waals surface area contributed by atoms with Gasteiger partial charge >= 0.3 is 0 Å². The molecule has 1 atom stereocenters. The second-order valence-electron chi connectivity index (χ2n) is 7.98. The molecule has 1 aliphatic heterocycles. The lowest BCUT2D eigenvalue weighted by Crippen LogP contribution is -2.46. The molecule has 1 fully saturated rings. The molecule has 0 amide bonds. The monoisotopic (exact) mass is 481 g/mol. The maximum Gasteiger partial charge on any atom is 0.249 e. The van der Waals surface area contributed by atoms with Crippen molar-refractivity contribution >= 4 is 53.4 Å². The molecule has 3 aromatic rings. The van der Waals surface area contributed by atoms with Crippen molar-refractivity contribution in [3.63, 3.8) is 0 Å². The van der Waals surface area contributed by atoms with Crippen molar-refractivity contribution in [1.29, 1.82) is 0 Å². The van der Waals surface area contributed by atoms with E-state index in [4.69, 9.17) is 0 Å². The zero-order valence-electron chi connectivity index (χ0n) is 16.9. The molecule has 0 bridgehead atoms. The number of fused-ring (bicyclic) bond motifs is 3. The molecule has 0 saturated carbocycles. The van der Waals surface area contributed by atoms with E-state index >= 15 is 0 Å². The Balaban J connectivity index is 2.13. The Morgan fingerprint density at radius 1 is 1.31 bits per heavy atom. The highest BCUT2D eigenvalue weighted by molar-refractivity contribution is 9.10. The molecule has 2 aromatic heterocycles. The maximum atomic E-state index is 12.6. The first kappa shape index (κ1) is 20.5. The number of rotatable bonds is 3. The van der Waals surface area contributed by atoms with Crippen molar-refractivity contribution in [3.8, 4) is 0 Å². The molecule has 0 spiro atoms. The van der Waals surface area contributed by atoms with Gasteiger partial charge in [-0.05, 0) is 48.2 Å². The summed E-state index contributed by atoms with van der Waals surface area (Å²) < 4.78 is 27.8. The summed E-state index contributed by atoms with van der Waals surface area (Å²) in [5.74, 6) is 0.459. The summed E-state index contributed by atoms with van der Waals surface area (Å²) in [6.07, 6.45) is 3.38. The summed E-state index contributed by atoms with van der Waals surface area (Å²) in [7, 11) is -1.76. The average molecular weight is 482 g/mol. The zero-order chi connectivity index (χ0) is 21.1. The van der Waals surface area contributed by atoms with Gasteiger partial charge in [-0.2, -0.15) is 5.10 Å². The van der Waals surface area contributed by atoms with Crippen LogP contribution in [0.5, 0.6) is 0 Å². The van der Waals surface area contributed by atoms with Gasteiger partial charge in [0.05, 0.1) is 26.7 Å². The highest BCUT2D eigenvalue weighted by atomic mass is 79.9. The number of anilines is 1. The Bertz CT molecular complexity index is 1240. The van der Waals surface area contributed by atoms with E-state index in [-0.39, 0.29) is 10.9 Å². The number of sulfone groups is 1. The standard InChI is InChI=1S/C19H24BrN5O3S/c1-5-29(27,28)18-21-15-11(2)14(20)16-12(9-24(4)23-16)13(15)17(22-18)25-8-6-7-19(3,26)10-25/h9,26H,5-8,10H2,1-4H3/t19-/m0/s1. The van der Waals surface area contributed by atoms with Crippen LogP contribution < -0.4 is 4.90 Å². The molecular formula is C19H24BrN5O3S. The molecule has 10 heteroatoms. The molecule has 0 aliphatic carbocycles. The van der Waals surface area contributed by atoms with E-state index in [0.717, 1.165) is 32.7 Å². The average Bonchev–Trinajstić information content (AvgIpc) is 3.06. The Hall–Kier alpha value is -1.78. The van der Waals surface area contributed by atoms with Crippen LogP contribution in [0.25, 0.3) is 21.8 Å². The van der Waals surface area contributed by atoms with Crippen molar-refractivity contribution in [1.82, 2.24) is 19.7 Å². The van der Waals surface area contributed by atoms with E-state index in [2.05, 4.69) is 31.0 Å². The first-order valence-electron chi connectivity index (χ1n) is 9.57. The minimum Gasteiger partial charge on any atom is -0.388 e. The largest absolute Gasteiger partial charge is 0.388 e. The molecule has 3 heterocycles. The summed E-state index contributed by atoms with van der Waals surface area (Å²) in [6.45, 7) is 6.34. The van der Waals surface area contributed by atoms with Gasteiger partial charge in [0.15, 0.2) is 0 Å². The summed E-state index contributed by atoms with van der Waals surface area (Å²) >= 11 is 3.61. The van der Waals surface area contributed by atoms with Crippen molar-refractivity contribution in [2.24, 2.45) is 7.05 Å². The van der Waals surface area contributed by atoms with Gasteiger partial charge in [0.1, 0.15) is 11.3 Å². The second-order valence-corrected chi connectivity index (χ2v) is 10.9. The first-order valence-corrected chi connectivity index (χ1v) is 12.0. The Morgan fingerprint density at radius 2 is 2.03 bits per heavy atom. The Kier molecular flexibility index (Phi) is 4.86. The van der Waals surface area contributed by atoms with Gasteiger partial charge in [-0.15, -0.1) is 0 Å². The van der Waals surface area contributed by atoms with Crippen LogP contribution in [0.3, 0.4) is 0 Å². The van der Waals surface area contributed by atoms with Crippen LogP contribution in [0, 0.1) is 6.92 Å². The Labute approximate surface area is 178 Å². The number of nitrogens with zero attached hydrogens (tertiary/aromatic N) is 5. The van der Waals surface area contributed by atoms with Crippen LogP contribution in [-0.2, 0) is 16.9 Å². The summed E-state index contributed by atoms with van der Waals surface area (Å²) in [6, 6.07) is 0. The fraction of sp³-hybridized carbons (Fsp3) is 0.526. The van der Waals surface area contributed by atoms with Gasteiger partial charge in [0.25, 0.3) is 0 Å². The van der Waals surface area contributed by atoms with Gasteiger partial charge < -0.3 is 10.0 Å². The third kappa shape index (κ3) is 3.40. The molecule has 8 nitrogen and oxygen atoms in total. The highest BCUT2D eigenvalue weighted by Gasteiger charge is 2.32. The van der Waals surface area contributed by atoms with E-state index in [9.17, 15) is 13.5 Å². The lowest BCUT2D eigenvalue weighted by molar-refractivity contribution is 0.0447. The van der Waals surface area contributed by atoms with E-state index in [1.165, 1.54) is 0 Å². The SMILES string of the molecule is CCS(=O)(=O)c1nc(N2CCC[C@](C)(O)C2)c2c(n1)c(C)c(Br)c1nn(C)cc12. The number of aryl methyl sites for hydroxylation is 2. The van der Waals surface area contributed by atoms with Gasteiger partial charge in [-0.25, -0.2) is 18.4 Å². The van der Waals surface area contributed by atoms with Gasteiger partial charge in [-0.1, -0.05) is 6.92 Å². The summed E-state index contributed by atoms with van der Waals surface area (Å²) in [5, 5.41) is 16.6. The summed E-state index contributed by atoms with van der Waals surface area (Å²) in [4.78, 5) is 11.0. The smallest absolute Gasteiger partial charge is 0.249 e. The molecular weight excluding hydrogens is 458 g/mol. The number of β-amino-alcohol motifs (C(OH)–C–C–N with tert-alkyl or cyclic N) is 1. The van der Waals surface area contributed by atoms with Crippen molar-refractivity contribution in [2.75, 3.05) is 23.7 Å². The predicted octanol–water partition coefficient (Wildman–Crippen LogP) is 2.73. The molecule has 1 saturated heterocycles. The fourth-order valence-corrected chi connectivity index (χ4v) is 5.16. The number of piperidine rings is 1. The number of aromatic nitrogens is 4. The van der Waals surface area contributed by atoms with Crippen LogP contribution in [0.4, 0.5) is 5.82 Å². The summed E-state index contributed by atoms with van der Waals surface area (Å²) in [5.41, 5.74) is 1.31. The molecule has 156 valence electrons. The minimum absolute atomic E-state index is 0.0784. The molecule has 4 rings (SSSR count). The number of benzene rings is 1. The molecule has 29 heavy (non-hydrogen) atoms. The molecule has 0 unspecified atom stereocenters. The van der Waals surface area contributed by atoms with Crippen LogP contribution >= 0.6 is 15.9 Å². The van der Waals surface area contributed by atoms with Crippen LogP contribution in [0.15, 0.2) is 15.8 Å². The minimum atomic E-state index is -3.60. The second kappa shape index (κ2) is 6.88. The normalized spacial score (nSPS) is 20.7.